The van der Waals surface area contributed by atoms with E-state index >= 15 is 0 Å². The third-order valence-corrected chi connectivity index (χ3v) is 3.68. The van der Waals surface area contributed by atoms with E-state index in [1.807, 2.05) is 6.92 Å². The first-order chi connectivity index (χ1) is 13.5. The van der Waals surface area contributed by atoms with Crippen LogP contribution in [0, 0.1) is 0 Å². The molecule has 0 radical (unpaired) electrons. The average Bonchev–Trinajstić information content (AvgIpc) is 2.69. The van der Waals surface area contributed by atoms with Gasteiger partial charge in [-0.25, -0.2) is 4.79 Å². The third-order valence-electron chi connectivity index (χ3n) is 3.48. The number of nitrogens with one attached hydrogen (secondary N) is 2. The number of benzene rings is 1. The molecular weight excluding hydrogens is 378 g/mol. The quantitative estimate of drug-likeness (QED) is 0.231. The molecule has 0 saturated heterocycles. The van der Waals surface area contributed by atoms with Crippen LogP contribution in [0.3, 0.4) is 0 Å². The second-order valence-electron chi connectivity index (χ2n) is 5.68. The van der Waals surface area contributed by atoms with Gasteiger partial charge in [-0.3, -0.25) is 15.1 Å². The molecule has 1 aromatic carbocycles. The molecule has 0 saturated carbocycles. The standard InChI is InChI=1S/C20H21N3O4S/c1-3-4-13-26-19(25)15-5-7-16(8-6-15)22-20(28)23-18(24)14(2)27-17-9-11-21-12-10-17/h5-12H,2-4,13H2,1H3,(H2,22,23,24,28). The van der Waals surface area contributed by atoms with Crippen LogP contribution in [0.15, 0.2) is 61.1 Å². The summed E-state index contributed by atoms with van der Waals surface area (Å²) in [6.45, 7) is 6.00. The predicted molar refractivity (Wildman–Crippen MR) is 110 cm³/mol. The van der Waals surface area contributed by atoms with Gasteiger partial charge in [-0.2, -0.15) is 0 Å². The molecule has 0 unspecified atom stereocenters. The van der Waals surface area contributed by atoms with E-state index in [1.54, 1.807) is 36.4 Å². The molecule has 0 spiro atoms. The van der Waals surface area contributed by atoms with E-state index in [4.69, 9.17) is 21.7 Å². The molecule has 2 rings (SSSR count). The SMILES string of the molecule is C=C(Oc1ccncc1)C(=O)NC(=S)Nc1ccc(C(=O)OCCCC)cc1. The molecule has 2 N–H and O–H groups in total. The average molecular weight is 399 g/mol. The van der Waals surface area contributed by atoms with Crippen molar-refractivity contribution in [1.82, 2.24) is 10.3 Å². The smallest absolute Gasteiger partial charge is 0.338 e. The summed E-state index contributed by atoms with van der Waals surface area (Å²) in [4.78, 5) is 27.8. The number of amides is 1. The Hall–Kier alpha value is -3.26. The zero-order valence-corrected chi connectivity index (χ0v) is 16.3. The van der Waals surface area contributed by atoms with Gasteiger partial charge in [0.15, 0.2) is 10.9 Å². The number of carbonyl (C=O) groups is 2. The lowest BCUT2D eigenvalue weighted by Crippen LogP contribution is -2.36. The second-order valence-corrected chi connectivity index (χ2v) is 6.09. The van der Waals surface area contributed by atoms with E-state index in [1.165, 1.54) is 12.4 Å². The van der Waals surface area contributed by atoms with Crippen LogP contribution in [0.4, 0.5) is 5.69 Å². The number of rotatable bonds is 8. The van der Waals surface area contributed by atoms with Crippen LogP contribution in [0.1, 0.15) is 30.1 Å². The minimum Gasteiger partial charge on any atom is -0.462 e. The molecule has 2 aromatic rings. The molecule has 0 atom stereocenters. The van der Waals surface area contributed by atoms with Crippen LogP contribution in [-0.4, -0.2) is 28.6 Å². The topological polar surface area (TPSA) is 89.5 Å². The number of unbranched alkanes of at least 4 members (excludes halogenated alkanes) is 1. The van der Waals surface area contributed by atoms with Crippen molar-refractivity contribution in [3.63, 3.8) is 0 Å². The number of carbonyl (C=O) groups excluding carboxylic acids is 2. The molecule has 146 valence electrons. The number of nitrogens with zero attached hydrogens (tertiary/aromatic N) is 1. The Morgan fingerprint density at radius 1 is 1.14 bits per heavy atom. The molecule has 0 aliphatic heterocycles. The van der Waals surface area contributed by atoms with Gasteiger partial charge >= 0.3 is 5.97 Å². The van der Waals surface area contributed by atoms with Crippen molar-refractivity contribution in [1.29, 1.82) is 0 Å². The van der Waals surface area contributed by atoms with Crippen molar-refractivity contribution in [2.75, 3.05) is 11.9 Å². The van der Waals surface area contributed by atoms with Crippen LogP contribution in [0.2, 0.25) is 0 Å². The van der Waals surface area contributed by atoms with Crippen LogP contribution in [0.25, 0.3) is 0 Å². The maximum absolute atomic E-state index is 12.1. The van der Waals surface area contributed by atoms with Gasteiger partial charge in [0.1, 0.15) is 5.75 Å². The summed E-state index contributed by atoms with van der Waals surface area (Å²) in [5, 5.41) is 5.39. The Balaban J connectivity index is 1.82. The third kappa shape index (κ3) is 6.81. The van der Waals surface area contributed by atoms with Gasteiger partial charge in [-0.1, -0.05) is 19.9 Å². The van der Waals surface area contributed by atoms with Crippen molar-refractivity contribution >= 4 is 34.9 Å². The molecule has 0 aliphatic carbocycles. The number of aromatic nitrogens is 1. The van der Waals surface area contributed by atoms with E-state index in [0.717, 1.165) is 12.8 Å². The summed E-state index contributed by atoms with van der Waals surface area (Å²) < 4.78 is 10.5. The van der Waals surface area contributed by atoms with Gasteiger partial charge in [0.2, 0.25) is 0 Å². The molecule has 0 fully saturated rings. The van der Waals surface area contributed by atoms with Crippen LogP contribution >= 0.6 is 12.2 Å². The Kier molecular flexibility index (Phi) is 8.11. The second kappa shape index (κ2) is 10.8. The normalized spacial score (nSPS) is 9.89. The van der Waals surface area contributed by atoms with E-state index in [0.29, 0.717) is 23.6 Å². The lowest BCUT2D eigenvalue weighted by molar-refractivity contribution is -0.118. The zero-order valence-electron chi connectivity index (χ0n) is 15.4. The molecule has 8 heteroatoms. The molecular formula is C20H21N3O4S. The minimum absolute atomic E-state index is 0.0720. The monoisotopic (exact) mass is 399 g/mol. The van der Waals surface area contributed by atoms with Gasteiger partial charge in [-0.15, -0.1) is 0 Å². The molecule has 7 nitrogen and oxygen atoms in total. The van der Waals surface area contributed by atoms with Crippen LogP contribution in [-0.2, 0) is 9.53 Å². The predicted octanol–water partition coefficient (Wildman–Crippen LogP) is 3.44. The first kappa shape index (κ1) is 21.0. The lowest BCUT2D eigenvalue weighted by Gasteiger charge is -2.12. The first-order valence-electron chi connectivity index (χ1n) is 8.66. The van der Waals surface area contributed by atoms with E-state index < -0.39 is 5.91 Å². The number of thiocarbonyl (C=S) groups is 1. The van der Waals surface area contributed by atoms with Gasteiger partial charge in [-0.05, 0) is 55.0 Å². The highest BCUT2D eigenvalue weighted by Gasteiger charge is 2.12. The lowest BCUT2D eigenvalue weighted by atomic mass is 10.2. The summed E-state index contributed by atoms with van der Waals surface area (Å²) in [7, 11) is 0. The van der Waals surface area contributed by atoms with E-state index in [2.05, 4.69) is 22.2 Å². The van der Waals surface area contributed by atoms with E-state index in [9.17, 15) is 9.59 Å². The van der Waals surface area contributed by atoms with Crippen LogP contribution < -0.4 is 15.4 Å². The Morgan fingerprint density at radius 2 is 1.82 bits per heavy atom. The van der Waals surface area contributed by atoms with Gasteiger partial charge in [0, 0.05) is 18.1 Å². The van der Waals surface area contributed by atoms with Crippen molar-refractivity contribution in [3.05, 3.63) is 66.7 Å². The number of anilines is 1. The fourth-order valence-corrected chi connectivity index (χ4v) is 2.22. The number of ether oxygens (including phenoxy) is 2. The Labute approximate surface area is 168 Å². The Bertz CT molecular complexity index is 838. The minimum atomic E-state index is -0.578. The van der Waals surface area contributed by atoms with Crippen molar-refractivity contribution in [3.8, 4) is 5.75 Å². The zero-order chi connectivity index (χ0) is 20.4. The summed E-state index contributed by atoms with van der Waals surface area (Å²) in [5.74, 6) is -0.623. The fraction of sp³-hybridized carbons (Fsp3) is 0.200. The van der Waals surface area contributed by atoms with Crippen LogP contribution in [0.5, 0.6) is 5.75 Å². The van der Waals surface area contributed by atoms with Gasteiger partial charge in [0.05, 0.1) is 12.2 Å². The molecule has 1 heterocycles. The molecule has 1 amide bonds. The van der Waals surface area contributed by atoms with Gasteiger partial charge < -0.3 is 14.8 Å². The molecule has 0 bridgehead atoms. The number of hydrogen-bond donors (Lipinski definition) is 2. The maximum Gasteiger partial charge on any atom is 0.338 e. The summed E-state index contributed by atoms with van der Waals surface area (Å²) in [5.41, 5.74) is 1.05. The highest BCUT2D eigenvalue weighted by atomic mass is 32.1. The van der Waals surface area contributed by atoms with Crippen molar-refractivity contribution in [2.24, 2.45) is 0 Å². The fourth-order valence-electron chi connectivity index (χ4n) is 2.01. The highest BCUT2D eigenvalue weighted by Crippen LogP contribution is 2.12. The largest absolute Gasteiger partial charge is 0.462 e. The number of pyridine rings is 1. The number of esters is 1. The summed E-state index contributed by atoms with van der Waals surface area (Å²) in [6, 6.07) is 9.76. The highest BCUT2D eigenvalue weighted by molar-refractivity contribution is 7.80. The Morgan fingerprint density at radius 3 is 2.46 bits per heavy atom. The summed E-state index contributed by atoms with van der Waals surface area (Å²) >= 11 is 5.11. The van der Waals surface area contributed by atoms with Gasteiger partial charge in [0.25, 0.3) is 5.91 Å². The summed E-state index contributed by atoms with van der Waals surface area (Å²) in [6.07, 6.45) is 4.86. The first-order valence-corrected chi connectivity index (χ1v) is 9.06. The van der Waals surface area contributed by atoms with Crippen molar-refractivity contribution in [2.45, 2.75) is 19.8 Å². The molecule has 1 aromatic heterocycles. The maximum atomic E-state index is 12.1. The van der Waals surface area contributed by atoms with Crippen molar-refractivity contribution < 1.29 is 19.1 Å². The number of hydrogen-bond acceptors (Lipinski definition) is 6. The molecule has 0 aliphatic rings. The van der Waals surface area contributed by atoms with E-state index in [-0.39, 0.29) is 16.8 Å². The molecule has 28 heavy (non-hydrogen) atoms.